The van der Waals surface area contributed by atoms with Crippen molar-refractivity contribution >= 4 is 5.91 Å². The molecule has 4 rings (SSSR count). The lowest BCUT2D eigenvalue weighted by Gasteiger charge is -2.33. The van der Waals surface area contributed by atoms with E-state index < -0.39 is 0 Å². The lowest BCUT2D eigenvalue weighted by Crippen LogP contribution is -2.35. The molecule has 0 radical (unpaired) electrons. The van der Waals surface area contributed by atoms with Gasteiger partial charge in [-0.1, -0.05) is 42.5 Å². The average molecular weight is 403 g/mol. The van der Waals surface area contributed by atoms with Crippen LogP contribution in [0.2, 0.25) is 0 Å². The number of benzene rings is 2. The van der Waals surface area contributed by atoms with Crippen molar-refractivity contribution in [1.29, 1.82) is 0 Å². The number of rotatable bonds is 6. The predicted molar refractivity (Wildman–Crippen MR) is 115 cm³/mol. The molecular formula is C24H25N3O3. The van der Waals surface area contributed by atoms with Crippen LogP contribution in [0.25, 0.3) is 0 Å². The van der Waals surface area contributed by atoms with E-state index in [1.807, 2.05) is 49.5 Å². The number of aromatic nitrogens is 2. The van der Waals surface area contributed by atoms with Gasteiger partial charge in [0.05, 0.1) is 12.6 Å². The number of ether oxygens (including phenoxy) is 1. The van der Waals surface area contributed by atoms with Crippen LogP contribution in [-0.4, -0.2) is 34.2 Å². The minimum atomic E-state index is -0.256. The van der Waals surface area contributed by atoms with Crippen LogP contribution >= 0.6 is 0 Å². The summed E-state index contributed by atoms with van der Waals surface area (Å²) < 4.78 is 6.94. The van der Waals surface area contributed by atoms with Crippen molar-refractivity contribution in [3.8, 4) is 5.75 Å². The van der Waals surface area contributed by atoms with E-state index in [2.05, 4.69) is 17.2 Å². The van der Waals surface area contributed by atoms with Crippen LogP contribution in [0, 0.1) is 0 Å². The molecule has 30 heavy (non-hydrogen) atoms. The van der Waals surface area contributed by atoms with Crippen molar-refractivity contribution in [2.45, 2.75) is 31.8 Å². The Kier molecular flexibility index (Phi) is 5.93. The average Bonchev–Trinajstić information content (AvgIpc) is 2.79. The van der Waals surface area contributed by atoms with Crippen LogP contribution in [0.4, 0.5) is 0 Å². The van der Waals surface area contributed by atoms with Crippen LogP contribution in [-0.2, 0) is 13.0 Å². The number of hydrogen-bond donors (Lipinski definition) is 0. The van der Waals surface area contributed by atoms with Gasteiger partial charge in [0.1, 0.15) is 18.1 Å². The molecule has 2 aromatic carbocycles. The summed E-state index contributed by atoms with van der Waals surface area (Å²) in [7, 11) is 1.81. The Morgan fingerprint density at radius 1 is 1.10 bits per heavy atom. The van der Waals surface area contributed by atoms with E-state index in [1.54, 1.807) is 4.90 Å². The second-order valence-electron chi connectivity index (χ2n) is 7.46. The molecular weight excluding hydrogens is 378 g/mol. The third kappa shape index (κ3) is 4.27. The summed E-state index contributed by atoms with van der Waals surface area (Å²) in [6, 6.07) is 20.6. The van der Waals surface area contributed by atoms with Gasteiger partial charge in [-0.15, -0.1) is 0 Å². The van der Waals surface area contributed by atoms with Crippen molar-refractivity contribution < 1.29 is 9.53 Å². The standard InChI is InChI=1S/C24H25N3O3/c1-26(22-13-7-9-18-8-5-6-12-20(18)22)24(29)21-14-15-23(28)27(25-21)16-17-30-19-10-3-2-4-11-19/h2-6,8,10-12,14-15,22H,7,9,13,16-17H2,1H3. The van der Waals surface area contributed by atoms with Crippen LogP contribution in [0.15, 0.2) is 71.5 Å². The second kappa shape index (κ2) is 8.95. The summed E-state index contributed by atoms with van der Waals surface area (Å²) in [5, 5.41) is 4.31. The van der Waals surface area contributed by atoms with Crippen LogP contribution in [0.5, 0.6) is 5.75 Å². The summed E-state index contributed by atoms with van der Waals surface area (Å²) in [4.78, 5) is 27.1. The van der Waals surface area contributed by atoms with Crippen molar-refractivity contribution in [1.82, 2.24) is 14.7 Å². The zero-order valence-corrected chi connectivity index (χ0v) is 17.0. The highest BCUT2D eigenvalue weighted by atomic mass is 16.5. The maximum Gasteiger partial charge on any atom is 0.274 e. The highest BCUT2D eigenvalue weighted by Gasteiger charge is 2.28. The van der Waals surface area contributed by atoms with E-state index in [-0.39, 0.29) is 29.7 Å². The molecule has 0 aliphatic heterocycles. The van der Waals surface area contributed by atoms with Crippen molar-refractivity contribution in [2.75, 3.05) is 13.7 Å². The summed E-state index contributed by atoms with van der Waals surface area (Å²) in [5.74, 6) is 0.544. The van der Waals surface area contributed by atoms with Gasteiger partial charge in [-0.05, 0) is 48.6 Å². The first kappa shape index (κ1) is 19.9. The van der Waals surface area contributed by atoms with Crippen LogP contribution in [0.3, 0.4) is 0 Å². The monoisotopic (exact) mass is 403 g/mol. The van der Waals surface area contributed by atoms with Gasteiger partial charge in [0.25, 0.3) is 11.5 Å². The number of nitrogens with zero attached hydrogens (tertiary/aromatic N) is 3. The first-order valence-electron chi connectivity index (χ1n) is 10.2. The largest absolute Gasteiger partial charge is 0.492 e. The molecule has 0 saturated carbocycles. The van der Waals surface area contributed by atoms with E-state index in [1.165, 1.54) is 27.9 Å². The molecule has 0 spiro atoms. The van der Waals surface area contributed by atoms with Crippen molar-refractivity contribution in [2.24, 2.45) is 0 Å². The molecule has 1 atom stereocenters. The van der Waals surface area contributed by atoms with Crippen molar-refractivity contribution in [3.63, 3.8) is 0 Å². The molecule has 1 aromatic heterocycles. The smallest absolute Gasteiger partial charge is 0.274 e. The molecule has 3 aromatic rings. The van der Waals surface area contributed by atoms with Crippen LogP contribution < -0.4 is 10.3 Å². The fourth-order valence-corrected chi connectivity index (χ4v) is 3.94. The lowest BCUT2D eigenvalue weighted by atomic mass is 9.87. The molecule has 0 saturated heterocycles. The summed E-state index contributed by atoms with van der Waals surface area (Å²) in [5.41, 5.74) is 2.50. The zero-order chi connectivity index (χ0) is 20.9. The number of hydrogen-bond acceptors (Lipinski definition) is 4. The number of carbonyl (C=O) groups excluding carboxylic acids is 1. The molecule has 6 heteroatoms. The molecule has 6 nitrogen and oxygen atoms in total. The fraction of sp³-hybridized carbons (Fsp3) is 0.292. The molecule has 1 amide bonds. The highest BCUT2D eigenvalue weighted by Crippen LogP contribution is 2.33. The molecule has 0 fully saturated rings. The van der Waals surface area contributed by atoms with E-state index in [0.29, 0.717) is 6.61 Å². The molecule has 1 aliphatic carbocycles. The predicted octanol–water partition coefficient (Wildman–Crippen LogP) is 3.47. The SMILES string of the molecule is CN(C(=O)c1ccc(=O)n(CCOc2ccccc2)n1)C1CCCc2ccccc21. The molecule has 0 N–H and O–H groups in total. The second-order valence-corrected chi connectivity index (χ2v) is 7.46. The Bertz CT molecular complexity index is 1080. The maximum atomic E-state index is 13.1. The lowest BCUT2D eigenvalue weighted by molar-refractivity contribution is 0.0705. The molecule has 0 bridgehead atoms. The van der Waals surface area contributed by atoms with Gasteiger partial charge < -0.3 is 9.64 Å². The van der Waals surface area contributed by atoms with Gasteiger partial charge >= 0.3 is 0 Å². The molecule has 1 unspecified atom stereocenters. The number of aryl methyl sites for hydroxylation is 1. The first-order valence-corrected chi connectivity index (χ1v) is 10.2. The van der Waals surface area contributed by atoms with Gasteiger partial charge in [0.2, 0.25) is 0 Å². The van der Waals surface area contributed by atoms with Gasteiger partial charge in [0.15, 0.2) is 0 Å². The minimum Gasteiger partial charge on any atom is -0.492 e. The number of fused-ring (bicyclic) bond motifs is 1. The summed E-state index contributed by atoms with van der Waals surface area (Å²) in [6.07, 6.45) is 3.01. The summed E-state index contributed by atoms with van der Waals surface area (Å²) >= 11 is 0. The maximum absolute atomic E-state index is 13.1. The number of carbonyl (C=O) groups is 1. The Morgan fingerprint density at radius 2 is 1.87 bits per heavy atom. The quantitative estimate of drug-likeness (QED) is 0.632. The van der Waals surface area contributed by atoms with E-state index >= 15 is 0 Å². The van der Waals surface area contributed by atoms with Crippen LogP contribution in [0.1, 0.15) is 40.5 Å². The minimum absolute atomic E-state index is 0.0195. The normalized spacial score (nSPS) is 15.3. The van der Waals surface area contributed by atoms with E-state index in [0.717, 1.165) is 25.0 Å². The highest BCUT2D eigenvalue weighted by molar-refractivity contribution is 5.92. The van der Waals surface area contributed by atoms with Gasteiger partial charge in [-0.25, -0.2) is 4.68 Å². The van der Waals surface area contributed by atoms with Gasteiger partial charge in [0, 0.05) is 13.1 Å². The number of para-hydroxylation sites is 1. The molecule has 1 aliphatic rings. The topological polar surface area (TPSA) is 64.4 Å². The van der Waals surface area contributed by atoms with Gasteiger partial charge in [-0.3, -0.25) is 9.59 Å². The number of amides is 1. The first-order chi connectivity index (χ1) is 14.6. The van der Waals surface area contributed by atoms with E-state index in [4.69, 9.17) is 4.74 Å². The molecule has 1 heterocycles. The van der Waals surface area contributed by atoms with Crippen molar-refractivity contribution in [3.05, 3.63) is 93.9 Å². The molecule has 154 valence electrons. The Morgan fingerprint density at radius 3 is 2.70 bits per heavy atom. The fourth-order valence-electron chi connectivity index (χ4n) is 3.94. The Labute approximate surface area is 175 Å². The third-order valence-corrected chi connectivity index (χ3v) is 5.53. The zero-order valence-electron chi connectivity index (χ0n) is 17.0. The third-order valence-electron chi connectivity index (χ3n) is 5.53. The Hall–Kier alpha value is -3.41. The van der Waals surface area contributed by atoms with Gasteiger partial charge in [-0.2, -0.15) is 5.10 Å². The Balaban J connectivity index is 1.48. The summed E-state index contributed by atoms with van der Waals surface area (Å²) in [6.45, 7) is 0.561. The van der Waals surface area contributed by atoms with E-state index in [9.17, 15) is 9.59 Å².